The number of phosphoric acid groups is 1. The van der Waals surface area contributed by atoms with Gasteiger partial charge in [0.25, 0.3) is 0 Å². The van der Waals surface area contributed by atoms with Crippen LogP contribution >= 0.6 is 7.82 Å². The zero-order chi connectivity index (χ0) is 14.5. The van der Waals surface area contributed by atoms with Crippen LogP contribution in [0, 0.1) is 0 Å². The molecule has 0 saturated carbocycles. The SMILES string of the molecule is O=C1CC2(O)CC(=O)O[Si](OP(=O)([O-])[O-])(O1)OC2=O.[K+].[Na+]. The Morgan fingerprint density at radius 3 is 1.95 bits per heavy atom. The van der Waals surface area contributed by atoms with Crippen LogP contribution in [-0.2, 0) is 36.4 Å². The predicted octanol–water partition coefficient (Wildman–Crippen LogP) is -9.56. The fraction of sp³-hybridized carbons (Fsp3) is 0.500. The van der Waals surface area contributed by atoms with Crippen molar-refractivity contribution in [2.45, 2.75) is 18.4 Å². The Balaban J connectivity index is 0.00000200. The first-order valence-corrected chi connectivity index (χ1v) is 7.75. The molecule has 2 rings (SSSR count). The van der Waals surface area contributed by atoms with E-state index in [1.54, 1.807) is 0 Å². The molecular formula is C6H5KNaO11PSi. The van der Waals surface area contributed by atoms with Crippen LogP contribution in [0.2, 0.25) is 0 Å². The molecule has 0 spiro atoms. The van der Waals surface area contributed by atoms with Crippen molar-refractivity contribution in [2.75, 3.05) is 0 Å². The second kappa shape index (κ2) is 7.48. The molecule has 0 amide bonds. The van der Waals surface area contributed by atoms with Crippen LogP contribution in [0.15, 0.2) is 0 Å². The molecule has 21 heavy (non-hydrogen) atoms. The Labute approximate surface area is 183 Å². The average molecular weight is 374 g/mol. The summed E-state index contributed by atoms with van der Waals surface area (Å²) in [7, 11) is -10.9. The van der Waals surface area contributed by atoms with Crippen molar-refractivity contribution in [3.63, 3.8) is 0 Å². The molecule has 15 heteroatoms. The summed E-state index contributed by atoms with van der Waals surface area (Å²) in [4.78, 5) is 55.2. The van der Waals surface area contributed by atoms with Gasteiger partial charge in [-0.25, -0.2) is 4.79 Å². The van der Waals surface area contributed by atoms with Gasteiger partial charge in [-0.1, -0.05) is 0 Å². The molecule has 11 nitrogen and oxygen atoms in total. The number of rotatable bonds is 2. The van der Waals surface area contributed by atoms with Gasteiger partial charge in [-0.05, 0) is 0 Å². The minimum Gasteiger partial charge on any atom is -0.790 e. The Kier molecular flexibility index (Phi) is 7.96. The Hall–Kier alpha value is 1.33. The number of hydrogen-bond acceptors (Lipinski definition) is 11. The molecule has 106 valence electrons. The van der Waals surface area contributed by atoms with Crippen LogP contribution in [0.3, 0.4) is 0 Å². The van der Waals surface area contributed by atoms with Gasteiger partial charge in [0.2, 0.25) is 0 Å². The molecule has 0 atom stereocenters. The monoisotopic (exact) mass is 374 g/mol. The number of hydrogen-bond donors (Lipinski definition) is 1. The molecule has 0 aliphatic carbocycles. The zero-order valence-electron chi connectivity index (χ0n) is 10.9. The maximum absolute atomic E-state index is 11.5. The maximum Gasteiger partial charge on any atom is 1.00 e. The summed E-state index contributed by atoms with van der Waals surface area (Å²) >= 11 is 0. The van der Waals surface area contributed by atoms with Crippen LogP contribution in [0.5, 0.6) is 0 Å². The van der Waals surface area contributed by atoms with Gasteiger partial charge in [-0.2, -0.15) is 0 Å². The summed E-state index contributed by atoms with van der Waals surface area (Å²) in [6.07, 6.45) is -1.91. The van der Waals surface area contributed by atoms with Gasteiger partial charge < -0.3 is 32.7 Å². The molecule has 0 unspecified atom stereocenters. The van der Waals surface area contributed by atoms with E-state index in [1.807, 2.05) is 0 Å². The number of carbonyl (C=O) groups excluding carboxylic acids is 3. The van der Waals surface area contributed by atoms with E-state index in [-0.39, 0.29) is 80.9 Å². The van der Waals surface area contributed by atoms with Crippen LogP contribution in [-0.4, -0.2) is 37.7 Å². The minimum atomic E-state index is -5.78. The molecule has 2 fully saturated rings. The molecule has 1 N–H and O–H groups in total. The Bertz CT molecular complexity index is 499. The quantitative estimate of drug-likeness (QED) is 0.359. The van der Waals surface area contributed by atoms with Crippen molar-refractivity contribution in [1.82, 2.24) is 0 Å². The normalized spacial score (nSPS) is 31.7. The van der Waals surface area contributed by atoms with Gasteiger partial charge in [-0.15, -0.1) is 0 Å². The van der Waals surface area contributed by atoms with E-state index < -0.39 is 53.2 Å². The largest absolute Gasteiger partial charge is 1.00 e. The summed E-state index contributed by atoms with van der Waals surface area (Å²) in [5, 5.41) is 9.77. The van der Waals surface area contributed by atoms with E-state index in [9.17, 15) is 33.8 Å². The van der Waals surface area contributed by atoms with Crippen LogP contribution in [0.1, 0.15) is 12.8 Å². The van der Waals surface area contributed by atoms with Gasteiger partial charge >= 0.3 is 108 Å². The Morgan fingerprint density at radius 1 is 1.14 bits per heavy atom. The van der Waals surface area contributed by atoms with Crippen molar-refractivity contribution in [3.05, 3.63) is 0 Å². The van der Waals surface area contributed by atoms with Gasteiger partial charge in [0.1, 0.15) is 0 Å². The smallest absolute Gasteiger partial charge is 0.790 e. The first-order valence-electron chi connectivity index (χ1n) is 4.66. The second-order valence-corrected chi connectivity index (χ2v) is 7.00. The van der Waals surface area contributed by atoms with Crippen molar-refractivity contribution >= 4 is 34.8 Å². The van der Waals surface area contributed by atoms with E-state index in [0.717, 1.165) is 0 Å². The average Bonchev–Trinajstić information content (AvgIpc) is 2.22. The van der Waals surface area contributed by atoms with Crippen LogP contribution in [0.25, 0.3) is 0 Å². The van der Waals surface area contributed by atoms with E-state index in [0.29, 0.717) is 0 Å². The van der Waals surface area contributed by atoms with E-state index >= 15 is 0 Å². The third kappa shape index (κ3) is 5.43. The van der Waals surface area contributed by atoms with E-state index in [1.165, 1.54) is 0 Å². The van der Waals surface area contributed by atoms with Gasteiger partial charge in [0.05, 0.1) is 20.7 Å². The first kappa shape index (κ1) is 22.3. The predicted molar refractivity (Wildman–Crippen MR) is 46.9 cm³/mol. The molecule has 2 heterocycles. The second-order valence-electron chi connectivity index (χ2n) is 3.76. The standard InChI is InChI=1S/C6H7O11PSi.K.Na/c7-3-1-6(10)2-4(8)15-19(14-3,16-5(6)9)17-18(11,12)13;;/h10H,1-2H2,(H2,11,12,13);;/q;2*+1/p-2. The van der Waals surface area contributed by atoms with Gasteiger partial charge in [0.15, 0.2) is 5.60 Å². The molecular weight excluding hydrogens is 369 g/mol. The van der Waals surface area contributed by atoms with Crippen molar-refractivity contribution < 1.29 is 132 Å². The fourth-order valence-electron chi connectivity index (χ4n) is 1.50. The summed E-state index contributed by atoms with van der Waals surface area (Å²) in [5.74, 6) is -4.15. The number of aliphatic hydroxyl groups is 1. The molecule has 2 bridgehead atoms. The van der Waals surface area contributed by atoms with Crippen LogP contribution < -0.4 is 90.7 Å². The van der Waals surface area contributed by atoms with E-state index in [2.05, 4.69) is 17.5 Å². The molecule has 0 aromatic carbocycles. The number of carbonyl (C=O) groups is 3. The minimum absolute atomic E-state index is 0. The molecule has 0 aromatic heterocycles. The fourth-order valence-corrected chi connectivity index (χ4v) is 4.29. The van der Waals surface area contributed by atoms with Gasteiger partial charge in [-0.3, -0.25) is 13.8 Å². The molecule has 2 aliphatic rings. The summed E-state index contributed by atoms with van der Waals surface area (Å²) in [6.45, 7) is 0. The topological polar surface area (TPSA) is 172 Å². The van der Waals surface area contributed by atoms with E-state index in [4.69, 9.17) is 0 Å². The molecule has 0 aromatic rings. The summed E-state index contributed by atoms with van der Waals surface area (Å²) in [6, 6.07) is 0. The molecule has 2 saturated heterocycles. The van der Waals surface area contributed by atoms with Gasteiger partial charge in [0, 0.05) is 0 Å². The third-order valence-electron chi connectivity index (χ3n) is 2.17. The number of fused-ring (bicyclic) bond motifs is 3. The first-order chi connectivity index (χ1) is 8.54. The third-order valence-corrected chi connectivity index (χ3v) is 5.35. The zero-order valence-corrected chi connectivity index (χ0v) is 17.9. The van der Waals surface area contributed by atoms with Crippen LogP contribution in [0.4, 0.5) is 0 Å². The summed E-state index contributed by atoms with van der Waals surface area (Å²) < 4.78 is 27.3. The van der Waals surface area contributed by atoms with Crippen molar-refractivity contribution in [2.24, 2.45) is 0 Å². The molecule has 2 aliphatic heterocycles. The maximum atomic E-state index is 11.5. The van der Waals surface area contributed by atoms with Crippen molar-refractivity contribution in [3.8, 4) is 0 Å². The summed E-state index contributed by atoms with van der Waals surface area (Å²) in [5.41, 5.74) is -2.54. The Morgan fingerprint density at radius 2 is 1.57 bits per heavy atom. The molecule has 0 radical (unpaired) electrons. The van der Waals surface area contributed by atoms with Crippen molar-refractivity contribution in [1.29, 1.82) is 0 Å².